The van der Waals surface area contributed by atoms with Gasteiger partial charge >= 0.3 is 0 Å². The van der Waals surface area contributed by atoms with E-state index in [9.17, 15) is 0 Å². The first-order valence-electron chi connectivity index (χ1n) is 7.96. The molecule has 1 fully saturated rings. The van der Waals surface area contributed by atoms with Crippen molar-refractivity contribution in [2.75, 3.05) is 19.7 Å². The molecule has 4 heteroatoms. The van der Waals surface area contributed by atoms with Crippen molar-refractivity contribution in [1.29, 1.82) is 0 Å². The van der Waals surface area contributed by atoms with Gasteiger partial charge in [0.05, 0.1) is 6.54 Å². The van der Waals surface area contributed by atoms with Crippen LogP contribution in [0.5, 0.6) is 5.75 Å². The molecule has 0 spiro atoms. The summed E-state index contributed by atoms with van der Waals surface area (Å²) < 4.78 is 11.7. The molecule has 0 radical (unpaired) electrons. The SMILES string of the molecule is CCC(C)(C)c1ccc(OC[C@@H]2CN3CC=CN=C3O2)cc1. The Kier molecular flexibility index (Phi) is 4.10. The summed E-state index contributed by atoms with van der Waals surface area (Å²) in [5, 5.41) is 0. The molecule has 118 valence electrons. The fourth-order valence-electron chi connectivity index (χ4n) is 2.62. The average molecular weight is 300 g/mol. The summed E-state index contributed by atoms with van der Waals surface area (Å²) in [6.07, 6.45) is 4.99. The van der Waals surface area contributed by atoms with Gasteiger partial charge in [0.25, 0.3) is 6.02 Å². The van der Waals surface area contributed by atoms with Gasteiger partial charge in [-0.2, -0.15) is 0 Å². The van der Waals surface area contributed by atoms with E-state index >= 15 is 0 Å². The first-order valence-corrected chi connectivity index (χ1v) is 7.96. The molecule has 0 N–H and O–H groups in total. The highest BCUT2D eigenvalue weighted by atomic mass is 16.6. The van der Waals surface area contributed by atoms with E-state index in [-0.39, 0.29) is 11.5 Å². The normalized spacial score (nSPS) is 20.4. The van der Waals surface area contributed by atoms with Gasteiger partial charge in [-0.1, -0.05) is 32.9 Å². The Morgan fingerprint density at radius 1 is 1.32 bits per heavy atom. The van der Waals surface area contributed by atoms with Crippen LogP contribution in [0.25, 0.3) is 0 Å². The molecule has 4 nitrogen and oxygen atoms in total. The van der Waals surface area contributed by atoms with Gasteiger partial charge in [0.15, 0.2) is 6.10 Å². The number of hydrogen-bond donors (Lipinski definition) is 0. The Morgan fingerprint density at radius 2 is 2.09 bits per heavy atom. The molecule has 3 rings (SSSR count). The fraction of sp³-hybridized carbons (Fsp3) is 0.500. The second kappa shape index (κ2) is 6.03. The van der Waals surface area contributed by atoms with Gasteiger partial charge in [-0.05, 0) is 35.6 Å². The summed E-state index contributed by atoms with van der Waals surface area (Å²) in [7, 11) is 0. The first-order chi connectivity index (χ1) is 10.6. The van der Waals surface area contributed by atoms with Crippen LogP contribution in [0.2, 0.25) is 0 Å². The first kappa shape index (κ1) is 14.9. The van der Waals surface area contributed by atoms with E-state index in [1.807, 2.05) is 18.2 Å². The molecule has 22 heavy (non-hydrogen) atoms. The number of nitrogens with zero attached hydrogens (tertiary/aromatic N) is 2. The molecule has 2 aliphatic heterocycles. The van der Waals surface area contributed by atoms with E-state index in [4.69, 9.17) is 9.47 Å². The van der Waals surface area contributed by atoms with Gasteiger partial charge in [-0.15, -0.1) is 0 Å². The second-order valence-corrected chi connectivity index (χ2v) is 6.51. The Morgan fingerprint density at radius 3 is 2.77 bits per heavy atom. The van der Waals surface area contributed by atoms with Gasteiger partial charge in [-0.3, -0.25) is 0 Å². The van der Waals surface area contributed by atoms with Crippen LogP contribution in [-0.4, -0.2) is 36.7 Å². The Labute approximate surface area is 132 Å². The van der Waals surface area contributed by atoms with Gasteiger partial charge < -0.3 is 14.4 Å². The largest absolute Gasteiger partial charge is 0.490 e. The molecule has 0 bridgehead atoms. The molecule has 1 atom stereocenters. The number of fused-ring (bicyclic) bond motifs is 1. The number of aliphatic imine (C=N–C) groups is 1. The molecule has 0 amide bonds. The maximum atomic E-state index is 5.87. The van der Waals surface area contributed by atoms with Crippen LogP contribution in [0.15, 0.2) is 41.5 Å². The van der Waals surface area contributed by atoms with Crippen LogP contribution in [0.4, 0.5) is 0 Å². The van der Waals surface area contributed by atoms with Crippen LogP contribution in [0.1, 0.15) is 32.8 Å². The highest BCUT2D eigenvalue weighted by molar-refractivity contribution is 5.77. The van der Waals surface area contributed by atoms with Crippen LogP contribution < -0.4 is 4.74 Å². The van der Waals surface area contributed by atoms with Crippen molar-refractivity contribution >= 4 is 6.02 Å². The minimum Gasteiger partial charge on any atom is -0.490 e. The van der Waals surface area contributed by atoms with Crippen LogP contribution in [0.3, 0.4) is 0 Å². The van der Waals surface area contributed by atoms with E-state index < -0.39 is 0 Å². The van der Waals surface area contributed by atoms with Crippen molar-refractivity contribution < 1.29 is 9.47 Å². The molecule has 0 saturated carbocycles. The lowest BCUT2D eigenvalue weighted by Gasteiger charge is -2.23. The zero-order chi connectivity index (χ0) is 15.6. The van der Waals surface area contributed by atoms with Crippen molar-refractivity contribution in [2.45, 2.75) is 38.7 Å². The lowest BCUT2D eigenvalue weighted by molar-refractivity contribution is 0.146. The summed E-state index contributed by atoms with van der Waals surface area (Å²) in [6.45, 7) is 9.00. The van der Waals surface area contributed by atoms with Gasteiger partial charge in [0.1, 0.15) is 12.4 Å². The average Bonchev–Trinajstić information content (AvgIpc) is 2.96. The van der Waals surface area contributed by atoms with Gasteiger partial charge in [0, 0.05) is 12.7 Å². The minimum atomic E-state index is 0.0467. The Bertz CT molecular complexity index is 575. The lowest BCUT2D eigenvalue weighted by Crippen LogP contribution is -2.28. The van der Waals surface area contributed by atoms with Crippen LogP contribution >= 0.6 is 0 Å². The number of hydrogen-bond acceptors (Lipinski definition) is 4. The lowest BCUT2D eigenvalue weighted by atomic mass is 9.82. The fourth-order valence-corrected chi connectivity index (χ4v) is 2.62. The van der Waals surface area contributed by atoms with E-state index in [0.717, 1.165) is 31.3 Å². The minimum absolute atomic E-state index is 0.0467. The van der Waals surface area contributed by atoms with E-state index in [1.54, 1.807) is 6.20 Å². The predicted octanol–water partition coefficient (Wildman–Crippen LogP) is 3.34. The summed E-state index contributed by atoms with van der Waals surface area (Å²) in [6, 6.07) is 9.13. The van der Waals surface area contributed by atoms with Crippen molar-refractivity contribution in [2.24, 2.45) is 4.99 Å². The highest BCUT2D eigenvalue weighted by Gasteiger charge is 2.30. The number of benzene rings is 1. The molecule has 1 saturated heterocycles. The summed E-state index contributed by atoms with van der Waals surface area (Å²) in [4.78, 5) is 6.35. The Hall–Kier alpha value is -1.97. The molecular weight excluding hydrogens is 276 g/mol. The van der Waals surface area contributed by atoms with Crippen LogP contribution in [0, 0.1) is 0 Å². The third-order valence-electron chi connectivity index (χ3n) is 4.54. The van der Waals surface area contributed by atoms with Gasteiger partial charge in [-0.25, -0.2) is 4.99 Å². The third-order valence-corrected chi connectivity index (χ3v) is 4.54. The molecule has 1 aromatic carbocycles. The zero-order valence-corrected chi connectivity index (χ0v) is 13.6. The summed E-state index contributed by atoms with van der Waals surface area (Å²) in [5.41, 5.74) is 1.55. The van der Waals surface area contributed by atoms with Crippen LogP contribution in [-0.2, 0) is 10.2 Å². The van der Waals surface area contributed by atoms with Crippen molar-refractivity contribution in [3.63, 3.8) is 0 Å². The quantitative estimate of drug-likeness (QED) is 0.836. The molecule has 0 aliphatic carbocycles. The molecular formula is C18H24N2O2. The highest BCUT2D eigenvalue weighted by Crippen LogP contribution is 2.28. The van der Waals surface area contributed by atoms with Crippen molar-refractivity contribution in [3.8, 4) is 5.75 Å². The number of amidine groups is 1. The predicted molar refractivity (Wildman–Crippen MR) is 88.3 cm³/mol. The monoisotopic (exact) mass is 300 g/mol. The molecule has 2 aliphatic rings. The molecule has 1 aromatic rings. The topological polar surface area (TPSA) is 34.1 Å². The molecule has 2 heterocycles. The number of rotatable bonds is 5. The third kappa shape index (κ3) is 3.11. The molecule has 0 unspecified atom stereocenters. The van der Waals surface area contributed by atoms with Crippen molar-refractivity contribution in [1.82, 2.24) is 4.90 Å². The summed E-state index contributed by atoms with van der Waals surface area (Å²) >= 11 is 0. The van der Waals surface area contributed by atoms with Gasteiger partial charge in [0.2, 0.25) is 0 Å². The number of ether oxygens (including phenoxy) is 2. The van der Waals surface area contributed by atoms with E-state index in [1.165, 1.54) is 5.56 Å². The van der Waals surface area contributed by atoms with Crippen molar-refractivity contribution in [3.05, 3.63) is 42.1 Å². The standard InChI is InChI=1S/C18H24N2O2/c1-4-18(2,3)14-6-8-15(9-7-14)21-13-16-12-20-11-5-10-19-17(20)22-16/h5-10,16H,4,11-13H2,1-3H3/t16-/m0/s1. The smallest absolute Gasteiger partial charge is 0.292 e. The second-order valence-electron chi connectivity index (χ2n) is 6.51. The molecule has 0 aromatic heterocycles. The van der Waals surface area contributed by atoms with E-state index in [2.05, 4.69) is 42.8 Å². The van der Waals surface area contributed by atoms with E-state index in [0.29, 0.717) is 6.61 Å². The summed E-state index contributed by atoms with van der Waals surface area (Å²) in [5.74, 6) is 0.893. The maximum absolute atomic E-state index is 5.87. The Balaban J connectivity index is 1.54. The maximum Gasteiger partial charge on any atom is 0.292 e. The zero-order valence-electron chi connectivity index (χ0n) is 13.6.